The van der Waals surface area contributed by atoms with E-state index in [2.05, 4.69) is 24.1 Å². The van der Waals surface area contributed by atoms with Gasteiger partial charge >= 0.3 is 0 Å². The van der Waals surface area contributed by atoms with Crippen molar-refractivity contribution < 1.29 is 0 Å². The number of anilines is 1. The summed E-state index contributed by atoms with van der Waals surface area (Å²) in [6.07, 6.45) is 5.62. The monoisotopic (exact) mass is 219 g/mol. The van der Waals surface area contributed by atoms with Crippen LogP contribution in [-0.2, 0) is 6.54 Å². The van der Waals surface area contributed by atoms with E-state index in [1.165, 1.54) is 19.3 Å². The van der Waals surface area contributed by atoms with E-state index in [9.17, 15) is 0 Å². The molecule has 0 saturated heterocycles. The highest BCUT2D eigenvalue weighted by molar-refractivity contribution is 5.37. The molecular formula is C13H21N3. The first-order chi connectivity index (χ1) is 7.59. The van der Waals surface area contributed by atoms with Crippen molar-refractivity contribution in [1.82, 2.24) is 4.98 Å². The molecule has 0 amide bonds. The fourth-order valence-electron chi connectivity index (χ4n) is 2.40. The second-order valence-electron chi connectivity index (χ2n) is 5.50. The summed E-state index contributed by atoms with van der Waals surface area (Å²) in [5, 5.41) is 3.50. The summed E-state index contributed by atoms with van der Waals surface area (Å²) in [5.74, 6) is 0.972. The molecule has 3 nitrogen and oxygen atoms in total. The molecule has 1 aliphatic rings. The molecular weight excluding hydrogens is 198 g/mol. The number of rotatable bonds is 3. The van der Waals surface area contributed by atoms with Crippen molar-refractivity contribution >= 4 is 5.82 Å². The second kappa shape index (κ2) is 4.42. The van der Waals surface area contributed by atoms with Crippen molar-refractivity contribution in [3.05, 3.63) is 23.9 Å². The third kappa shape index (κ3) is 2.73. The standard InChI is InChI=1S/C13H21N3/c1-13(2)6-5-11(7-13)16-12-4-3-10(8-14)9-15-12/h3-4,9,11H,5-8,14H2,1-2H3,(H,15,16). The summed E-state index contributed by atoms with van der Waals surface area (Å²) in [6.45, 7) is 5.23. The number of nitrogens with one attached hydrogen (secondary N) is 1. The maximum absolute atomic E-state index is 5.54. The number of hydrogen-bond acceptors (Lipinski definition) is 3. The first-order valence-electron chi connectivity index (χ1n) is 6.01. The normalized spacial score (nSPS) is 23.3. The molecule has 1 fully saturated rings. The summed E-state index contributed by atoms with van der Waals surface area (Å²) >= 11 is 0. The quantitative estimate of drug-likeness (QED) is 0.821. The van der Waals surface area contributed by atoms with Gasteiger partial charge in [-0.2, -0.15) is 0 Å². The van der Waals surface area contributed by atoms with Crippen LogP contribution in [0.25, 0.3) is 0 Å². The van der Waals surface area contributed by atoms with Crippen molar-refractivity contribution in [3.63, 3.8) is 0 Å². The SMILES string of the molecule is CC1(C)CCC(Nc2ccc(CN)cn2)C1. The third-order valence-corrected chi connectivity index (χ3v) is 3.38. The van der Waals surface area contributed by atoms with Crippen LogP contribution in [0.3, 0.4) is 0 Å². The fourth-order valence-corrected chi connectivity index (χ4v) is 2.40. The molecule has 2 rings (SSSR count). The molecule has 0 radical (unpaired) electrons. The smallest absolute Gasteiger partial charge is 0.126 e. The summed E-state index contributed by atoms with van der Waals surface area (Å²) in [5.41, 5.74) is 7.10. The Morgan fingerprint density at radius 3 is 2.81 bits per heavy atom. The molecule has 1 aromatic heterocycles. The molecule has 0 aromatic carbocycles. The predicted molar refractivity (Wildman–Crippen MR) is 67.2 cm³/mol. The van der Waals surface area contributed by atoms with Gasteiger partial charge < -0.3 is 11.1 Å². The zero-order chi connectivity index (χ0) is 11.6. The zero-order valence-corrected chi connectivity index (χ0v) is 10.2. The van der Waals surface area contributed by atoms with Crippen LogP contribution in [0.15, 0.2) is 18.3 Å². The second-order valence-corrected chi connectivity index (χ2v) is 5.50. The highest BCUT2D eigenvalue weighted by Crippen LogP contribution is 2.37. The fraction of sp³-hybridized carbons (Fsp3) is 0.615. The Labute approximate surface area is 97.5 Å². The van der Waals surface area contributed by atoms with Gasteiger partial charge in [0.25, 0.3) is 0 Å². The molecule has 0 aliphatic heterocycles. The van der Waals surface area contributed by atoms with Crippen LogP contribution in [0, 0.1) is 5.41 Å². The Kier molecular flexibility index (Phi) is 3.15. The first-order valence-corrected chi connectivity index (χ1v) is 6.01. The Balaban J connectivity index is 1.94. The van der Waals surface area contributed by atoms with Gasteiger partial charge in [0.15, 0.2) is 0 Å². The molecule has 0 bridgehead atoms. The van der Waals surface area contributed by atoms with Crippen LogP contribution in [0.2, 0.25) is 0 Å². The molecule has 1 atom stereocenters. The Morgan fingerprint density at radius 1 is 1.50 bits per heavy atom. The number of nitrogens with two attached hydrogens (primary N) is 1. The van der Waals surface area contributed by atoms with Crippen LogP contribution in [0.5, 0.6) is 0 Å². The minimum Gasteiger partial charge on any atom is -0.367 e. The van der Waals surface area contributed by atoms with E-state index in [1.54, 1.807) is 0 Å². The van der Waals surface area contributed by atoms with Gasteiger partial charge in [0.2, 0.25) is 0 Å². The molecule has 88 valence electrons. The molecule has 1 unspecified atom stereocenters. The average molecular weight is 219 g/mol. The Morgan fingerprint density at radius 2 is 2.31 bits per heavy atom. The van der Waals surface area contributed by atoms with E-state index >= 15 is 0 Å². The Hall–Kier alpha value is -1.09. The number of hydrogen-bond donors (Lipinski definition) is 2. The van der Waals surface area contributed by atoms with Crippen molar-refractivity contribution in [2.75, 3.05) is 5.32 Å². The molecule has 1 heterocycles. The maximum atomic E-state index is 5.54. The van der Waals surface area contributed by atoms with Crippen molar-refractivity contribution in [2.24, 2.45) is 11.1 Å². The van der Waals surface area contributed by atoms with Crippen molar-refractivity contribution in [3.8, 4) is 0 Å². The topological polar surface area (TPSA) is 50.9 Å². The number of pyridine rings is 1. The van der Waals surface area contributed by atoms with Crippen molar-refractivity contribution in [1.29, 1.82) is 0 Å². The highest BCUT2D eigenvalue weighted by Gasteiger charge is 2.30. The molecule has 3 heteroatoms. The van der Waals surface area contributed by atoms with Gasteiger partial charge in [-0.15, -0.1) is 0 Å². The minimum atomic E-state index is 0.481. The minimum absolute atomic E-state index is 0.481. The molecule has 1 aromatic rings. The number of nitrogens with zero attached hydrogens (tertiary/aromatic N) is 1. The summed E-state index contributed by atoms with van der Waals surface area (Å²) in [6, 6.07) is 4.63. The Bertz CT molecular complexity index is 343. The van der Waals surface area contributed by atoms with Gasteiger partial charge in [-0.3, -0.25) is 0 Å². The molecule has 0 spiro atoms. The molecule has 16 heavy (non-hydrogen) atoms. The molecule has 1 saturated carbocycles. The lowest BCUT2D eigenvalue weighted by Crippen LogP contribution is -2.18. The maximum Gasteiger partial charge on any atom is 0.126 e. The van der Waals surface area contributed by atoms with Gasteiger partial charge in [-0.25, -0.2) is 4.98 Å². The van der Waals surface area contributed by atoms with E-state index in [-0.39, 0.29) is 0 Å². The molecule has 1 aliphatic carbocycles. The van der Waals surface area contributed by atoms with Crippen LogP contribution in [0.4, 0.5) is 5.82 Å². The largest absolute Gasteiger partial charge is 0.367 e. The lowest BCUT2D eigenvalue weighted by atomic mass is 9.92. The van der Waals surface area contributed by atoms with Gasteiger partial charge in [0.05, 0.1) is 0 Å². The van der Waals surface area contributed by atoms with Gasteiger partial charge in [0.1, 0.15) is 5.82 Å². The van der Waals surface area contributed by atoms with E-state index in [0.717, 1.165) is 11.4 Å². The van der Waals surface area contributed by atoms with Crippen LogP contribution >= 0.6 is 0 Å². The lowest BCUT2D eigenvalue weighted by molar-refractivity contribution is 0.378. The van der Waals surface area contributed by atoms with E-state index in [1.807, 2.05) is 18.3 Å². The third-order valence-electron chi connectivity index (χ3n) is 3.38. The van der Waals surface area contributed by atoms with E-state index in [4.69, 9.17) is 5.73 Å². The summed E-state index contributed by atoms with van der Waals surface area (Å²) in [4.78, 5) is 4.37. The van der Waals surface area contributed by atoms with Crippen molar-refractivity contribution in [2.45, 2.75) is 45.7 Å². The summed E-state index contributed by atoms with van der Waals surface area (Å²) < 4.78 is 0. The summed E-state index contributed by atoms with van der Waals surface area (Å²) in [7, 11) is 0. The van der Waals surface area contributed by atoms with E-state index in [0.29, 0.717) is 18.0 Å². The predicted octanol–water partition coefficient (Wildman–Crippen LogP) is 2.53. The van der Waals surface area contributed by atoms with E-state index < -0.39 is 0 Å². The first kappa shape index (κ1) is 11.4. The van der Waals surface area contributed by atoms with Gasteiger partial charge in [-0.1, -0.05) is 19.9 Å². The lowest BCUT2D eigenvalue weighted by Gasteiger charge is -2.18. The average Bonchev–Trinajstić information content (AvgIpc) is 2.59. The van der Waals surface area contributed by atoms with Crippen LogP contribution in [0.1, 0.15) is 38.7 Å². The van der Waals surface area contributed by atoms with Crippen LogP contribution < -0.4 is 11.1 Å². The highest BCUT2D eigenvalue weighted by atomic mass is 15.0. The molecule has 3 N–H and O–H groups in total. The van der Waals surface area contributed by atoms with Gasteiger partial charge in [-0.05, 0) is 36.3 Å². The zero-order valence-electron chi connectivity index (χ0n) is 10.2. The van der Waals surface area contributed by atoms with Gasteiger partial charge in [0, 0.05) is 18.8 Å². The van der Waals surface area contributed by atoms with Crippen LogP contribution in [-0.4, -0.2) is 11.0 Å². The number of aromatic nitrogens is 1.